The lowest BCUT2D eigenvalue weighted by Gasteiger charge is -2.28. The number of anilines is 1. The third-order valence-corrected chi connectivity index (χ3v) is 5.61. The van der Waals surface area contributed by atoms with Crippen LogP contribution in [-0.2, 0) is 7.05 Å². The Hall–Kier alpha value is -2.86. The van der Waals surface area contributed by atoms with Crippen LogP contribution in [0.5, 0.6) is 5.75 Å². The summed E-state index contributed by atoms with van der Waals surface area (Å²) in [7, 11) is 2.10. The van der Waals surface area contributed by atoms with E-state index >= 15 is 0 Å². The predicted octanol–water partition coefficient (Wildman–Crippen LogP) is 4.69. The monoisotopic (exact) mass is 406 g/mol. The molecule has 0 bridgehead atoms. The Balaban J connectivity index is 1.77. The fourth-order valence-electron chi connectivity index (χ4n) is 3.82. The van der Waals surface area contributed by atoms with Crippen LogP contribution in [0.3, 0.4) is 0 Å². The first-order valence-corrected chi connectivity index (χ1v) is 10.3. The van der Waals surface area contributed by atoms with E-state index in [0.29, 0.717) is 5.11 Å². The normalized spacial score (nSPS) is 18.9. The minimum atomic E-state index is -0.0386. The zero-order valence-electron chi connectivity index (χ0n) is 17.2. The number of thiocarbonyl (C=S) groups is 1. The summed E-state index contributed by atoms with van der Waals surface area (Å²) in [6.07, 6.45) is 1.97. The van der Waals surface area contributed by atoms with E-state index in [1.807, 2.05) is 50.4 Å². The molecule has 1 saturated heterocycles. The Bertz CT molecular complexity index is 997. The second-order valence-corrected chi connectivity index (χ2v) is 8.00. The first-order valence-electron chi connectivity index (χ1n) is 9.85. The summed E-state index contributed by atoms with van der Waals surface area (Å²) in [4.78, 5) is 6.79. The first-order chi connectivity index (χ1) is 14.0. The number of nitrogens with zero attached hydrogens (tertiary/aromatic N) is 3. The van der Waals surface area contributed by atoms with Gasteiger partial charge < -0.3 is 19.5 Å². The maximum Gasteiger partial charge on any atom is 0.174 e. The molecule has 0 unspecified atom stereocenters. The Kier molecular flexibility index (Phi) is 5.28. The zero-order chi connectivity index (χ0) is 20.5. The van der Waals surface area contributed by atoms with E-state index in [1.165, 1.54) is 11.4 Å². The molecule has 1 aliphatic heterocycles. The number of pyridine rings is 1. The maximum absolute atomic E-state index is 5.80. The van der Waals surface area contributed by atoms with E-state index in [-0.39, 0.29) is 18.2 Å². The lowest BCUT2D eigenvalue weighted by atomic mass is 10.0. The van der Waals surface area contributed by atoms with Gasteiger partial charge in [-0.15, -0.1) is 0 Å². The van der Waals surface area contributed by atoms with Crippen molar-refractivity contribution in [2.45, 2.75) is 39.0 Å². The van der Waals surface area contributed by atoms with Crippen LogP contribution in [0.4, 0.5) is 5.69 Å². The van der Waals surface area contributed by atoms with Crippen molar-refractivity contribution in [3.8, 4) is 5.75 Å². The molecular formula is C23H26N4OS. The molecule has 1 aromatic carbocycles. The molecule has 0 spiro atoms. The van der Waals surface area contributed by atoms with Gasteiger partial charge in [0.2, 0.25) is 0 Å². The predicted molar refractivity (Wildman–Crippen MR) is 120 cm³/mol. The molecule has 4 rings (SSSR count). The lowest BCUT2D eigenvalue weighted by Crippen LogP contribution is -2.30. The molecule has 1 aliphatic rings. The number of benzene rings is 1. The topological polar surface area (TPSA) is 42.3 Å². The SMILES string of the molecule is Cc1ccc([C@H]2[C@@H](c3ccccn3)NC(=S)N2c2ccc(OC(C)C)cc2)n1C. The minimum absolute atomic E-state index is 0.00651. The number of rotatable bonds is 5. The van der Waals surface area contributed by atoms with Gasteiger partial charge in [0.25, 0.3) is 0 Å². The number of aryl methyl sites for hydroxylation is 1. The van der Waals surface area contributed by atoms with Crippen LogP contribution in [0.15, 0.2) is 60.8 Å². The highest BCUT2D eigenvalue weighted by Crippen LogP contribution is 2.42. The maximum atomic E-state index is 5.80. The zero-order valence-corrected chi connectivity index (χ0v) is 18.0. The highest BCUT2D eigenvalue weighted by Gasteiger charge is 2.41. The number of nitrogens with one attached hydrogen (secondary N) is 1. The highest BCUT2D eigenvalue weighted by atomic mass is 32.1. The van der Waals surface area contributed by atoms with Crippen molar-refractivity contribution < 1.29 is 4.74 Å². The third-order valence-electron chi connectivity index (χ3n) is 5.30. The third kappa shape index (κ3) is 3.72. The van der Waals surface area contributed by atoms with Crippen LogP contribution >= 0.6 is 12.2 Å². The van der Waals surface area contributed by atoms with Crippen molar-refractivity contribution in [3.63, 3.8) is 0 Å². The fraction of sp³-hybridized carbons (Fsp3) is 0.304. The molecule has 0 aliphatic carbocycles. The van der Waals surface area contributed by atoms with E-state index in [2.05, 4.69) is 58.0 Å². The van der Waals surface area contributed by atoms with Crippen molar-refractivity contribution in [2.24, 2.45) is 7.05 Å². The molecule has 150 valence electrons. The van der Waals surface area contributed by atoms with Crippen molar-refractivity contribution in [3.05, 3.63) is 77.9 Å². The highest BCUT2D eigenvalue weighted by molar-refractivity contribution is 7.80. The molecule has 3 aromatic rings. The van der Waals surface area contributed by atoms with Gasteiger partial charge in [0.05, 0.1) is 17.8 Å². The van der Waals surface area contributed by atoms with Crippen LogP contribution in [0.2, 0.25) is 0 Å². The Morgan fingerprint density at radius 1 is 1.07 bits per heavy atom. The van der Waals surface area contributed by atoms with E-state index in [0.717, 1.165) is 17.1 Å². The van der Waals surface area contributed by atoms with Crippen molar-refractivity contribution in [1.29, 1.82) is 0 Å². The summed E-state index contributed by atoms with van der Waals surface area (Å²) in [5.41, 5.74) is 4.40. The number of hydrogen-bond donors (Lipinski definition) is 1. The number of aromatic nitrogens is 2. The van der Waals surface area contributed by atoms with Crippen LogP contribution < -0.4 is 15.0 Å². The van der Waals surface area contributed by atoms with Crippen LogP contribution in [0, 0.1) is 6.92 Å². The van der Waals surface area contributed by atoms with Crippen molar-refractivity contribution in [2.75, 3.05) is 4.90 Å². The van der Waals surface area contributed by atoms with Gasteiger partial charge in [-0.1, -0.05) is 6.07 Å². The molecule has 0 saturated carbocycles. The van der Waals surface area contributed by atoms with Gasteiger partial charge in [-0.05, 0) is 81.5 Å². The average molecular weight is 407 g/mol. The van der Waals surface area contributed by atoms with Gasteiger partial charge in [-0.3, -0.25) is 4.98 Å². The van der Waals surface area contributed by atoms with Gasteiger partial charge in [0.15, 0.2) is 5.11 Å². The smallest absolute Gasteiger partial charge is 0.174 e. The van der Waals surface area contributed by atoms with E-state index < -0.39 is 0 Å². The molecular weight excluding hydrogens is 380 g/mol. The molecule has 2 atom stereocenters. The summed E-state index contributed by atoms with van der Waals surface area (Å²) in [6.45, 7) is 6.17. The van der Waals surface area contributed by atoms with E-state index in [1.54, 1.807) is 0 Å². The summed E-state index contributed by atoms with van der Waals surface area (Å²) < 4.78 is 8.02. The molecule has 5 nitrogen and oxygen atoms in total. The van der Waals surface area contributed by atoms with Gasteiger partial charge in [0.1, 0.15) is 11.8 Å². The first kappa shape index (κ1) is 19.5. The van der Waals surface area contributed by atoms with Gasteiger partial charge in [0, 0.05) is 30.3 Å². The van der Waals surface area contributed by atoms with Crippen molar-refractivity contribution in [1.82, 2.24) is 14.9 Å². The quantitative estimate of drug-likeness (QED) is 0.623. The minimum Gasteiger partial charge on any atom is -0.491 e. The molecule has 29 heavy (non-hydrogen) atoms. The molecule has 0 amide bonds. The van der Waals surface area contributed by atoms with Gasteiger partial charge >= 0.3 is 0 Å². The second-order valence-electron chi connectivity index (χ2n) is 7.62. The fourth-order valence-corrected chi connectivity index (χ4v) is 4.17. The molecule has 2 aromatic heterocycles. The molecule has 0 radical (unpaired) electrons. The summed E-state index contributed by atoms with van der Waals surface area (Å²) >= 11 is 5.78. The molecule has 3 heterocycles. The Morgan fingerprint density at radius 3 is 2.41 bits per heavy atom. The Morgan fingerprint density at radius 2 is 1.83 bits per heavy atom. The molecule has 1 N–H and O–H groups in total. The van der Waals surface area contributed by atoms with E-state index in [9.17, 15) is 0 Å². The van der Waals surface area contributed by atoms with Gasteiger partial charge in [-0.25, -0.2) is 0 Å². The summed E-state index contributed by atoms with van der Waals surface area (Å²) in [5.74, 6) is 0.856. The largest absolute Gasteiger partial charge is 0.491 e. The summed E-state index contributed by atoms with van der Waals surface area (Å²) in [5, 5.41) is 4.20. The second kappa shape index (κ2) is 7.87. The van der Waals surface area contributed by atoms with Gasteiger partial charge in [-0.2, -0.15) is 0 Å². The van der Waals surface area contributed by atoms with Crippen LogP contribution in [-0.4, -0.2) is 20.8 Å². The van der Waals surface area contributed by atoms with E-state index in [4.69, 9.17) is 17.0 Å². The van der Waals surface area contributed by atoms with Crippen LogP contribution in [0.25, 0.3) is 0 Å². The molecule has 1 fully saturated rings. The van der Waals surface area contributed by atoms with Crippen LogP contribution in [0.1, 0.15) is 43.0 Å². The summed E-state index contributed by atoms with van der Waals surface area (Å²) in [6, 6.07) is 18.4. The number of ether oxygens (including phenoxy) is 1. The standard InChI is InChI=1S/C23H26N4OS/c1-15(2)28-18-11-9-17(10-12-18)27-22(20-13-8-16(3)26(20)4)21(25-23(27)29)19-7-5-6-14-24-19/h5-15,21-22H,1-4H3,(H,25,29)/t21-,22+/m1/s1. The van der Waals surface area contributed by atoms with Crippen molar-refractivity contribution >= 4 is 23.0 Å². The molecule has 6 heteroatoms. The average Bonchev–Trinajstić information content (AvgIpc) is 3.22. The Labute approximate surface area is 177 Å². The number of hydrogen-bond acceptors (Lipinski definition) is 3. The lowest BCUT2D eigenvalue weighted by molar-refractivity contribution is 0.242.